The summed E-state index contributed by atoms with van der Waals surface area (Å²) in [7, 11) is 0. The number of aryl methyl sites for hydroxylation is 1. The number of unbranched alkanes of at least 4 members (excludes halogenated alkanes) is 1. The number of rotatable bonds is 4. The third kappa shape index (κ3) is 3.27. The van der Waals surface area contributed by atoms with E-state index in [2.05, 4.69) is 6.07 Å². The Kier molecular flexibility index (Phi) is 4.01. The van der Waals surface area contributed by atoms with Crippen molar-refractivity contribution >= 4 is 0 Å². The first kappa shape index (κ1) is 9.76. The van der Waals surface area contributed by atoms with Crippen molar-refractivity contribution in [2.45, 2.75) is 19.3 Å². The van der Waals surface area contributed by atoms with Crippen molar-refractivity contribution in [1.29, 1.82) is 5.26 Å². The standard InChI is InChI=1S/C11H13NO/c12-9-11-6-4-10(5-7-11)3-1-2-8-13/h4-7,13H,1-3,8H2. The number of hydrogen-bond donors (Lipinski definition) is 1. The SMILES string of the molecule is N#Cc1ccc(CCCCO)cc1. The van der Waals surface area contributed by atoms with Crippen molar-refractivity contribution in [1.82, 2.24) is 0 Å². The average molecular weight is 175 g/mol. The second kappa shape index (κ2) is 5.34. The van der Waals surface area contributed by atoms with Crippen molar-refractivity contribution in [3.05, 3.63) is 35.4 Å². The van der Waals surface area contributed by atoms with Crippen LogP contribution < -0.4 is 0 Å². The van der Waals surface area contributed by atoms with Crippen LogP contribution in [0.25, 0.3) is 0 Å². The third-order valence-electron chi connectivity index (χ3n) is 1.96. The minimum absolute atomic E-state index is 0.260. The molecule has 13 heavy (non-hydrogen) atoms. The summed E-state index contributed by atoms with van der Waals surface area (Å²) < 4.78 is 0. The lowest BCUT2D eigenvalue weighted by Crippen LogP contribution is -1.88. The number of aliphatic hydroxyl groups is 1. The van der Waals surface area contributed by atoms with E-state index in [9.17, 15) is 0 Å². The van der Waals surface area contributed by atoms with Gasteiger partial charge in [0.05, 0.1) is 11.6 Å². The fourth-order valence-electron chi connectivity index (χ4n) is 1.19. The molecule has 0 aliphatic heterocycles. The lowest BCUT2D eigenvalue weighted by molar-refractivity contribution is 0.284. The number of benzene rings is 1. The molecule has 2 nitrogen and oxygen atoms in total. The summed E-state index contributed by atoms with van der Waals surface area (Å²) in [6.07, 6.45) is 2.83. The van der Waals surface area contributed by atoms with Crippen molar-refractivity contribution in [3.63, 3.8) is 0 Å². The number of aliphatic hydroxyl groups excluding tert-OH is 1. The quantitative estimate of drug-likeness (QED) is 0.710. The lowest BCUT2D eigenvalue weighted by atomic mass is 10.1. The van der Waals surface area contributed by atoms with E-state index >= 15 is 0 Å². The summed E-state index contributed by atoms with van der Waals surface area (Å²) in [6, 6.07) is 9.67. The Morgan fingerprint density at radius 2 is 1.85 bits per heavy atom. The van der Waals surface area contributed by atoms with Crippen LogP contribution in [0, 0.1) is 11.3 Å². The van der Waals surface area contributed by atoms with Gasteiger partial charge in [-0.2, -0.15) is 5.26 Å². The van der Waals surface area contributed by atoms with Crippen LogP contribution in [0.2, 0.25) is 0 Å². The first-order valence-corrected chi connectivity index (χ1v) is 4.46. The molecule has 0 aromatic heterocycles. The maximum Gasteiger partial charge on any atom is 0.0991 e. The molecular weight excluding hydrogens is 162 g/mol. The summed E-state index contributed by atoms with van der Waals surface area (Å²) >= 11 is 0. The van der Waals surface area contributed by atoms with Gasteiger partial charge in [-0.25, -0.2) is 0 Å². The molecule has 2 heteroatoms. The Morgan fingerprint density at radius 1 is 1.15 bits per heavy atom. The number of hydrogen-bond acceptors (Lipinski definition) is 2. The summed E-state index contributed by atoms with van der Waals surface area (Å²) in [5, 5.41) is 17.1. The molecule has 1 aromatic carbocycles. The highest BCUT2D eigenvalue weighted by Crippen LogP contribution is 2.06. The van der Waals surface area contributed by atoms with Crippen molar-refractivity contribution < 1.29 is 5.11 Å². The Balaban J connectivity index is 2.46. The molecule has 0 aliphatic rings. The van der Waals surface area contributed by atoms with Gasteiger partial charge in [-0.15, -0.1) is 0 Å². The zero-order valence-electron chi connectivity index (χ0n) is 7.53. The van der Waals surface area contributed by atoms with E-state index in [0.29, 0.717) is 5.56 Å². The lowest BCUT2D eigenvalue weighted by Gasteiger charge is -1.99. The summed E-state index contributed by atoms with van der Waals surface area (Å²) in [6.45, 7) is 0.260. The van der Waals surface area contributed by atoms with Crippen LogP contribution in [-0.4, -0.2) is 11.7 Å². The van der Waals surface area contributed by atoms with Crippen LogP contribution in [0.4, 0.5) is 0 Å². The van der Waals surface area contributed by atoms with Gasteiger partial charge in [-0.05, 0) is 37.0 Å². The minimum Gasteiger partial charge on any atom is -0.396 e. The second-order valence-corrected chi connectivity index (χ2v) is 2.99. The van der Waals surface area contributed by atoms with Crippen molar-refractivity contribution in [3.8, 4) is 6.07 Å². The van der Waals surface area contributed by atoms with E-state index in [1.807, 2.05) is 24.3 Å². The molecule has 1 N–H and O–H groups in total. The Morgan fingerprint density at radius 3 is 2.38 bits per heavy atom. The summed E-state index contributed by atoms with van der Waals surface area (Å²) in [4.78, 5) is 0. The predicted octanol–water partition coefficient (Wildman–Crippen LogP) is 1.87. The summed E-state index contributed by atoms with van der Waals surface area (Å²) in [5.74, 6) is 0. The highest BCUT2D eigenvalue weighted by atomic mass is 16.2. The number of nitrogens with zero attached hydrogens (tertiary/aromatic N) is 1. The second-order valence-electron chi connectivity index (χ2n) is 2.99. The summed E-state index contributed by atoms with van der Waals surface area (Å²) in [5.41, 5.74) is 1.93. The average Bonchev–Trinajstić information content (AvgIpc) is 2.19. The maximum absolute atomic E-state index is 8.58. The zero-order chi connectivity index (χ0) is 9.52. The topological polar surface area (TPSA) is 44.0 Å². The van der Waals surface area contributed by atoms with E-state index in [1.54, 1.807) is 0 Å². The van der Waals surface area contributed by atoms with E-state index in [0.717, 1.165) is 19.3 Å². The van der Waals surface area contributed by atoms with Crippen LogP contribution in [0.3, 0.4) is 0 Å². The number of nitriles is 1. The molecule has 0 unspecified atom stereocenters. The third-order valence-corrected chi connectivity index (χ3v) is 1.96. The first-order valence-electron chi connectivity index (χ1n) is 4.46. The fraction of sp³-hybridized carbons (Fsp3) is 0.364. The predicted molar refractivity (Wildman–Crippen MR) is 51.2 cm³/mol. The van der Waals surface area contributed by atoms with Gasteiger partial charge in [0.2, 0.25) is 0 Å². The Hall–Kier alpha value is -1.33. The van der Waals surface area contributed by atoms with Gasteiger partial charge in [0.1, 0.15) is 0 Å². The highest BCUT2D eigenvalue weighted by molar-refractivity contribution is 5.31. The minimum atomic E-state index is 0.260. The molecule has 0 fully saturated rings. The molecule has 0 bridgehead atoms. The van der Waals surface area contributed by atoms with E-state index in [-0.39, 0.29) is 6.61 Å². The van der Waals surface area contributed by atoms with Crippen LogP contribution in [-0.2, 0) is 6.42 Å². The van der Waals surface area contributed by atoms with Gasteiger partial charge in [0.25, 0.3) is 0 Å². The van der Waals surface area contributed by atoms with Gasteiger partial charge in [-0.1, -0.05) is 12.1 Å². The molecule has 68 valence electrons. The van der Waals surface area contributed by atoms with Crippen LogP contribution >= 0.6 is 0 Å². The Labute approximate surface area is 78.4 Å². The van der Waals surface area contributed by atoms with Gasteiger partial charge in [-0.3, -0.25) is 0 Å². The molecule has 0 spiro atoms. The Bertz CT molecular complexity index is 284. The fourth-order valence-corrected chi connectivity index (χ4v) is 1.19. The monoisotopic (exact) mass is 175 g/mol. The smallest absolute Gasteiger partial charge is 0.0991 e. The van der Waals surface area contributed by atoms with E-state index in [1.165, 1.54) is 5.56 Å². The van der Waals surface area contributed by atoms with Crippen LogP contribution in [0.5, 0.6) is 0 Å². The molecular formula is C11H13NO. The van der Waals surface area contributed by atoms with Gasteiger partial charge >= 0.3 is 0 Å². The van der Waals surface area contributed by atoms with E-state index in [4.69, 9.17) is 10.4 Å². The van der Waals surface area contributed by atoms with Crippen molar-refractivity contribution in [2.75, 3.05) is 6.61 Å². The molecule has 0 saturated heterocycles. The van der Waals surface area contributed by atoms with Gasteiger partial charge < -0.3 is 5.11 Å². The molecule has 0 amide bonds. The van der Waals surface area contributed by atoms with Gasteiger partial charge in [0, 0.05) is 6.61 Å². The van der Waals surface area contributed by atoms with Gasteiger partial charge in [0.15, 0.2) is 0 Å². The normalized spacial score (nSPS) is 9.54. The van der Waals surface area contributed by atoms with Crippen molar-refractivity contribution in [2.24, 2.45) is 0 Å². The highest BCUT2D eigenvalue weighted by Gasteiger charge is 1.93. The van der Waals surface area contributed by atoms with Crippen LogP contribution in [0.1, 0.15) is 24.0 Å². The maximum atomic E-state index is 8.58. The van der Waals surface area contributed by atoms with E-state index < -0.39 is 0 Å². The molecule has 0 heterocycles. The molecule has 0 radical (unpaired) electrons. The molecule has 0 aliphatic carbocycles. The zero-order valence-corrected chi connectivity index (χ0v) is 7.53. The van der Waals surface area contributed by atoms with Crippen LogP contribution in [0.15, 0.2) is 24.3 Å². The largest absolute Gasteiger partial charge is 0.396 e. The molecule has 0 saturated carbocycles. The molecule has 1 rings (SSSR count). The first-order chi connectivity index (χ1) is 6.36. The molecule has 1 aromatic rings. The molecule has 0 atom stereocenters.